The van der Waals surface area contributed by atoms with Crippen molar-refractivity contribution >= 4 is 28.5 Å². The molecule has 0 bridgehead atoms. The van der Waals surface area contributed by atoms with Crippen molar-refractivity contribution in [2.75, 3.05) is 0 Å². The van der Waals surface area contributed by atoms with Gasteiger partial charge in [-0.15, -0.1) is 0 Å². The predicted octanol–water partition coefficient (Wildman–Crippen LogP) is 2.00. The molecular weight excluding hydrogens is 235 g/mol. The number of rotatable bonds is 2. The zero-order valence-corrected chi connectivity index (χ0v) is 8.67. The van der Waals surface area contributed by atoms with Crippen molar-refractivity contribution in [3.8, 4) is 0 Å². The second kappa shape index (κ2) is 4.12. The predicted molar refractivity (Wildman–Crippen MR) is 43.5 cm³/mol. The van der Waals surface area contributed by atoms with Crippen molar-refractivity contribution in [3.63, 3.8) is 0 Å². The van der Waals surface area contributed by atoms with Gasteiger partial charge < -0.3 is 0 Å². The summed E-state index contributed by atoms with van der Waals surface area (Å²) in [6.07, 6.45) is 0. The third-order valence-electron chi connectivity index (χ3n) is 1.12. The van der Waals surface area contributed by atoms with Crippen LogP contribution in [-0.2, 0) is 4.44 Å². The number of benzene rings is 1. The average molecular weight is 242 g/mol. The van der Waals surface area contributed by atoms with Crippen LogP contribution in [0.25, 0.3) is 0 Å². The summed E-state index contributed by atoms with van der Waals surface area (Å²) in [7, 11) is 5.00. The van der Waals surface area contributed by atoms with E-state index >= 15 is 0 Å². The van der Waals surface area contributed by atoms with Crippen molar-refractivity contribution in [1.82, 2.24) is 0 Å². The average Bonchev–Trinajstić information content (AvgIpc) is 1.91. The minimum absolute atomic E-state index is 0.430. The van der Waals surface area contributed by atoms with Crippen LogP contribution in [0.4, 0.5) is 0 Å². The molecule has 0 saturated heterocycles. The van der Waals surface area contributed by atoms with E-state index in [1.807, 2.05) is 6.07 Å². The standard InChI is InChI=1S/C7H7.S.Sn/c1-7-5-3-2-4-6-7;;/h2-6H,1H2;;. The maximum absolute atomic E-state index is 5.00. The molecular formula is C7H7SSn. The third kappa shape index (κ3) is 2.54. The van der Waals surface area contributed by atoms with E-state index in [1.165, 1.54) is 10.0 Å². The van der Waals surface area contributed by atoms with E-state index in [-0.39, 0.29) is 0 Å². The van der Waals surface area contributed by atoms with Gasteiger partial charge in [-0.3, -0.25) is 0 Å². The zero-order valence-electron chi connectivity index (χ0n) is 5.00. The molecule has 1 radical (unpaired) electrons. The Balaban J connectivity index is 2.72. The molecule has 0 N–H and O–H groups in total. The van der Waals surface area contributed by atoms with Crippen LogP contribution in [0.15, 0.2) is 30.3 Å². The number of hydrogen-bond acceptors (Lipinski definition) is 1. The van der Waals surface area contributed by atoms with E-state index in [2.05, 4.69) is 24.3 Å². The first kappa shape index (κ1) is 7.35. The molecule has 0 aliphatic rings. The summed E-state index contributed by atoms with van der Waals surface area (Å²) in [6.45, 7) is 0. The van der Waals surface area contributed by atoms with Gasteiger partial charge in [0.15, 0.2) is 0 Å². The molecule has 0 fully saturated rings. The molecule has 0 nitrogen and oxygen atoms in total. The maximum atomic E-state index is 5.00. The Bertz CT molecular complexity index is 183. The Morgan fingerprint density at radius 3 is 2.44 bits per heavy atom. The van der Waals surface area contributed by atoms with Crippen molar-refractivity contribution < 1.29 is 0 Å². The Hall–Kier alpha value is 0.239. The van der Waals surface area contributed by atoms with Gasteiger partial charge in [-0.1, -0.05) is 0 Å². The van der Waals surface area contributed by atoms with Crippen LogP contribution in [0.2, 0.25) is 0 Å². The Morgan fingerprint density at radius 1 is 1.22 bits per heavy atom. The van der Waals surface area contributed by atoms with E-state index in [9.17, 15) is 0 Å². The van der Waals surface area contributed by atoms with Crippen LogP contribution < -0.4 is 0 Å². The summed E-state index contributed by atoms with van der Waals surface area (Å²) in [6, 6.07) is 10.5. The second-order valence-electron chi connectivity index (χ2n) is 1.81. The SMILES string of the molecule is [S]=[Sn][CH2]c1ccccc1. The van der Waals surface area contributed by atoms with E-state index in [0.29, 0.717) is 0 Å². The van der Waals surface area contributed by atoms with Crippen molar-refractivity contribution in [1.29, 1.82) is 0 Å². The van der Waals surface area contributed by atoms with Crippen LogP contribution in [0.1, 0.15) is 5.56 Å². The van der Waals surface area contributed by atoms with Gasteiger partial charge in [-0.05, 0) is 0 Å². The molecule has 0 atom stereocenters. The van der Waals surface area contributed by atoms with Gasteiger partial charge in [0, 0.05) is 0 Å². The molecule has 0 aliphatic carbocycles. The molecule has 45 valence electrons. The molecule has 9 heavy (non-hydrogen) atoms. The molecule has 0 spiro atoms. The zero-order chi connectivity index (χ0) is 6.53. The first-order chi connectivity index (χ1) is 4.43. The van der Waals surface area contributed by atoms with Gasteiger partial charge in [0.2, 0.25) is 0 Å². The molecule has 0 heterocycles. The Morgan fingerprint density at radius 2 is 1.89 bits per heavy atom. The summed E-state index contributed by atoms with van der Waals surface area (Å²) < 4.78 is 1.19. The third-order valence-corrected chi connectivity index (χ3v) is 3.66. The summed E-state index contributed by atoms with van der Waals surface area (Å²) in [5, 5.41) is 0. The topological polar surface area (TPSA) is 0 Å². The molecule has 1 aromatic rings. The molecule has 0 aromatic heterocycles. The van der Waals surface area contributed by atoms with Gasteiger partial charge >= 0.3 is 68.8 Å². The number of hydrogen-bond donors (Lipinski definition) is 0. The Labute approximate surface area is 68.7 Å². The molecule has 0 amide bonds. The summed E-state index contributed by atoms with van der Waals surface area (Å²) in [5.41, 5.74) is 1.42. The van der Waals surface area contributed by atoms with Crippen molar-refractivity contribution in [2.45, 2.75) is 4.44 Å². The molecule has 1 rings (SSSR count). The van der Waals surface area contributed by atoms with E-state index < -0.39 is 19.2 Å². The molecule has 0 saturated carbocycles. The fraction of sp³-hybridized carbons (Fsp3) is 0.143. The van der Waals surface area contributed by atoms with Gasteiger partial charge in [0.25, 0.3) is 0 Å². The Kier molecular flexibility index (Phi) is 3.36. The van der Waals surface area contributed by atoms with Crippen LogP contribution in [0, 0.1) is 0 Å². The first-order valence-electron chi connectivity index (χ1n) is 2.82. The molecule has 0 unspecified atom stereocenters. The van der Waals surface area contributed by atoms with Crippen molar-refractivity contribution in [3.05, 3.63) is 35.9 Å². The van der Waals surface area contributed by atoms with Crippen LogP contribution in [-0.4, -0.2) is 19.2 Å². The fourth-order valence-electron chi connectivity index (χ4n) is 0.679. The monoisotopic (exact) mass is 243 g/mol. The van der Waals surface area contributed by atoms with Crippen LogP contribution >= 0.6 is 9.29 Å². The van der Waals surface area contributed by atoms with Gasteiger partial charge in [-0.2, -0.15) is 0 Å². The second-order valence-corrected chi connectivity index (χ2v) is 5.58. The summed E-state index contributed by atoms with van der Waals surface area (Å²) >= 11 is -0.430. The van der Waals surface area contributed by atoms with Crippen molar-refractivity contribution in [2.24, 2.45) is 0 Å². The summed E-state index contributed by atoms with van der Waals surface area (Å²) in [4.78, 5) is 0. The first-order valence-corrected chi connectivity index (χ1v) is 8.74. The van der Waals surface area contributed by atoms with Gasteiger partial charge in [0.1, 0.15) is 0 Å². The van der Waals surface area contributed by atoms with Gasteiger partial charge in [0.05, 0.1) is 0 Å². The van der Waals surface area contributed by atoms with E-state index in [1.54, 1.807) is 0 Å². The molecule has 1 aromatic carbocycles. The van der Waals surface area contributed by atoms with Crippen LogP contribution in [0.5, 0.6) is 0 Å². The summed E-state index contributed by atoms with van der Waals surface area (Å²) in [5.74, 6) is 0. The molecule has 2 heteroatoms. The molecule has 0 aliphatic heterocycles. The quantitative estimate of drug-likeness (QED) is 0.714. The van der Waals surface area contributed by atoms with E-state index in [0.717, 1.165) is 0 Å². The van der Waals surface area contributed by atoms with Crippen LogP contribution in [0.3, 0.4) is 0 Å². The minimum atomic E-state index is -0.430. The van der Waals surface area contributed by atoms with Gasteiger partial charge in [-0.25, -0.2) is 0 Å². The normalized spacial score (nSPS) is 8.89. The van der Waals surface area contributed by atoms with E-state index in [4.69, 9.17) is 9.29 Å². The fourth-order valence-corrected chi connectivity index (χ4v) is 2.95.